The quantitative estimate of drug-likeness (QED) is 0.616. The van der Waals surface area contributed by atoms with Crippen LogP contribution in [0, 0.1) is 0 Å². The van der Waals surface area contributed by atoms with E-state index in [1.54, 1.807) is 6.07 Å². The average Bonchev–Trinajstić information content (AvgIpc) is 2.77. The average molecular weight is 436 g/mol. The second-order valence-corrected chi connectivity index (χ2v) is 8.49. The number of Topliss-reactive ketones (excluding diaryl/α,β-unsaturated/α-hetero) is 1. The molecule has 2 aliphatic rings. The third kappa shape index (κ3) is 4.17. The number of benzene rings is 2. The second kappa shape index (κ2) is 9.11. The molecule has 2 aromatic rings. The van der Waals surface area contributed by atoms with E-state index in [4.69, 9.17) is 16.3 Å². The van der Waals surface area contributed by atoms with E-state index in [0.717, 1.165) is 23.2 Å². The second-order valence-electron chi connectivity index (χ2n) is 8.09. The third-order valence-corrected chi connectivity index (χ3v) is 6.32. The number of carbonyl (C=O) groups is 2. The third-order valence-electron chi connectivity index (χ3n) is 5.97. The van der Waals surface area contributed by atoms with Crippen molar-refractivity contribution < 1.29 is 14.3 Å². The molecule has 160 valence electrons. The van der Waals surface area contributed by atoms with Gasteiger partial charge in [-0.05, 0) is 42.9 Å². The minimum absolute atomic E-state index is 0.0424. The maximum atomic E-state index is 13.5. The smallest absolute Gasteiger partial charge is 0.336 e. The summed E-state index contributed by atoms with van der Waals surface area (Å²) in [5.41, 5.74) is 4.59. The maximum absolute atomic E-state index is 13.5. The van der Waals surface area contributed by atoms with Gasteiger partial charge in [0.05, 0.1) is 12.2 Å². The summed E-state index contributed by atoms with van der Waals surface area (Å²) in [5.74, 6) is -0.783. The molecule has 1 aliphatic heterocycles. The molecule has 0 saturated heterocycles. The Morgan fingerprint density at radius 1 is 1.10 bits per heavy atom. The minimum atomic E-state index is -0.529. The summed E-state index contributed by atoms with van der Waals surface area (Å²) in [5, 5.41) is 3.90. The van der Waals surface area contributed by atoms with Crippen molar-refractivity contribution in [2.75, 3.05) is 6.61 Å². The number of ketones is 1. The first-order valence-electron chi connectivity index (χ1n) is 10.7. The van der Waals surface area contributed by atoms with Crippen LogP contribution in [0.4, 0.5) is 0 Å². The molecule has 0 fully saturated rings. The first-order chi connectivity index (χ1) is 15.0. The van der Waals surface area contributed by atoms with Gasteiger partial charge in [0.2, 0.25) is 0 Å². The Balaban J connectivity index is 1.80. The normalized spacial score (nSPS) is 20.9. The molecule has 0 spiro atoms. The van der Waals surface area contributed by atoms with Crippen LogP contribution in [-0.4, -0.2) is 18.4 Å². The lowest BCUT2D eigenvalue weighted by molar-refractivity contribution is -0.139. The van der Waals surface area contributed by atoms with E-state index < -0.39 is 11.9 Å². The molecular weight excluding hydrogens is 410 g/mol. The number of carbonyl (C=O) groups excluding carboxylic acids is 2. The summed E-state index contributed by atoms with van der Waals surface area (Å²) in [7, 11) is 0. The van der Waals surface area contributed by atoms with E-state index in [1.165, 1.54) is 0 Å². The molecule has 5 heteroatoms. The van der Waals surface area contributed by atoms with Crippen LogP contribution in [-0.2, 0) is 14.3 Å². The number of hydrogen-bond donors (Lipinski definition) is 1. The van der Waals surface area contributed by atoms with Crippen molar-refractivity contribution in [1.82, 2.24) is 5.32 Å². The van der Waals surface area contributed by atoms with Gasteiger partial charge in [-0.2, -0.15) is 0 Å². The highest BCUT2D eigenvalue weighted by atomic mass is 35.5. The molecular formula is C26H26ClNO3. The molecule has 0 unspecified atom stereocenters. The van der Waals surface area contributed by atoms with Crippen molar-refractivity contribution in [2.24, 2.45) is 0 Å². The van der Waals surface area contributed by atoms with Gasteiger partial charge in [0.15, 0.2) is 5.78 Å². The van der Waals surface area contributed by atoms with Gasteiger partial charge in [-0.15, -0.1) is 0 Å². The van der Waals surface area contributed by atoms with Crippen LogP contribution in [0.1, 0.15) is 56.1 Å². The van der Waals surface area contributed by atoms with Gasteiger partial charge in [-0.1, -0.05) is 67.1 Å². The summed E-state index contributed by atoms with van der Waals surface area (Å²) < 4.78 is 5.48. The Labute approximate surface area is 187 Å². The van der Waals surface area contributed by atoms with Crippen LogP contribution in [0.3, 0.4) is 0 Å². The van der Waals surface area contributed by atoms with Crippen molar-refractivity contribution in [3.05, 3.63) is 93.3 Å². The number of hydrogen-bond acceptors (Lipinski definition) is 4. The van der Waals surface area contributed by atoms with Crippen LogP contribution < -0.4 is 5.32 Å². The van der Waals surface area contributed by atoms with Gasteiger partial charge in [-0.3, -0.25) is 4.79 Å². The van der Waals surface area contributed by atoms with Crippen molar-refractivity contribution >= 4 is 23.4 Å². The van der Waals surface area contributed by atoms with Crippen molar-refractivity contribution in [1.29, 1.82) is 0 Å². The van der Waals surface area contributed by atoms with Crippen LogP contribution in [0.25, 0.3) is 0 Å². The topological polar surface area (TPSA) is 55.4 Å². The molecule has 1 N–H and O–H groups in total. The number of nitrogens with one attached hydrogen (secondary N) is 1. The molecule has 2 atom stereocenters. The summed E-state index contributed by atoms with van der Waals surface area (Å²) >= 11 is 6.55. The molecule has 0 saturated carbocycles. The molecule has 31 heavy (non-hydrogen) atoms. The van der Waals surface area contributed by atoms with Crippen LogP contribution in [0.15, 0.2) is 77.1 Å². The first-order valence-corrected chi connectivity index (χ1v) is 11.1. The Kier molecular flexibility index (Phi) is 6.28. The Morgan fingerprint density at radius 2 is 1.81 bits per heavy atom. The number of ether oxygens (including phenoxy) is 1. The zero-order chi connectivity index (χ0) is 22.0. The molecule has 0 amide bonds. The fourth-order valence-corrected chi connectivity index (χ4v) is 4.81. The maximum Gasteiger partial charge on any atom is 0.336 e. The van der Waals surface area contributed by atoms with Gasteiger partial charge >= 0.3 is 5.97 Å². The van der Waals surface area contributed by atoms with Crippen LogP contribution in [0.5, 0.6) is 0 Å². The highest BCUT2D eigenvalue weighted by molar-refractivity contribution is 6.31. The van der Waals surface area contributed by atoms with E-state index in [2.05, 4.69) is 17.4 Å². The highest BCUT2D eigenvalue weighted by Gasteiger charge is 2.42. The van der Waals surface area contributed by atoms with Gasteiger partial charge < -0.3 is 10.1 Å². The van der Waals surface area contributed by atoms with Gasteiger partial charge in [0, 0.05) is 34.3 Å². The van der Waals surface area contributed by atoms with Crippen molar-refractivity contribution in [3.63, 3.8) is 0 Å². The molecule has 1 heterocycles. The number of rotatable bonds is 5. The number of esters is 1. The Morgan fingerprint density at radius 3 is 2.52 bits per heavy atom. The lowest BCUT2D eigenvalue weighted by Crippen LogP contribution is -2.36. The fraction of sp³-hybridized carbons (Fsp3) is 0.308. The predicted molar refractivity (Wildman–Crippen MR) is 122 cm³/mol. The largest absolute Gasteiger partial charge is 0.462 e. The standard InChI is InChI=1S/C26H26ClNO3/c1-3-13-31-26(30)23-16(2)28-21-14-18(17-9-5-4-6-10-17)15-22(29)25(21)24(23)19-11-7-8-12-20(19)27/h4-12,18,24,28H,3,13-15H2,1-2H3/t18-,24+/m1/s1. The molecule has 4 nitrogen and oxygen atoms in total. The Bertz CT molecular complexity index is 1070. The van der Waals surface area contributed by atoms with E-state index >= 15 is 0 Å². The number of allylic oxidation sites excluding steroid dienone is 3. The van der Waals surface area contributed by atoms with Crippen molar-refractivity contribution in [3.8, 4) is 0 Å². The Hall–Kier alpha value is -2.85. The fourth-order valence-electron chi connectivity index (χ4n) is 4.56. The van der Waals surface area contributed by atoms with Crippen LogP contribution >= 0.6 is 11.6 Å². The van der Waals surface area contributed by atoms with E-state index in [0.29, 0.717) is 41.3 Å². The van der Waals surface area contributed by atoms with E-state index in [1.807, 2.05) is 50.2 Å². The van der Waals surface area contributed by atoms with Gasteiger partial charge in [-0.25, -0.2) is 4.79 Å². The zero-order valence-corrected chi connectivity index (χ0v) is 18.5. The molecule has 2 aromatic carbocycles. The zero-order valence-electron chi connectivity index (χ0n) is 17.8. The number of dihydropyridines is 1. The van der Waals surface area contributed by atoms with Crippen LogP contribution in [0.2, 0.25) is 5.02 Å². The minimum Gasteiger partial charge on any atom is -0.462 e. The van der Waals surface area contributed by atoms with Gasteiger partial charge in [0.1, 0.15) is 0 Å². The molecule has 0 bridgehead atoms. The highest BCUT2D eigenvalue weighted by Crippen LogP contribution is 2.47. The summed E-state index contributed by atoms with van der Waals surface area (Å²) in [4.78, 5) is 26.5. The molecule has 0 aromatic heterocycles. The van der Waals surface area contributed by atoms with Crippen molar-refractivity contribution in [2.45, 2.75) is 44.9 Å². The van der Waals surface area contributed by atoms with E-state index in [9.17, 15) is 9.59 Å². The predicted octanol–water partition coefficient (Wildman–Crippen LogP) is 5.65. The van der Waals surface area contributed by atoms with E-state index in [-0.39, 0.29) is 11.7 Å². The summed E-state index contributed by atoms with van der Waals surface area (Å²) in [6, 6.07) is 17.5. The molecule has 1 aliphatic carbocycles. The summed E-state index contributed by atoms with van der Waals surface area (Å²) in [6.45, 7) is 4.15. The SMILES string of the molecule is CCCOC(=O)C1=C(C)NC2=C(C(=O)C[C@H](c3ccccc3)C2)[C@H]1c1ccccc1Cl. The lowest BCUT2D eigenvalue weighted by atomic mass is 9.71. The first kappa shape index (κ1) is 21.4. The monoisotopic (exact) mass is 435 g/mol. The molecule has 0 radical (unpaired) electrons. The van der Waals surface area contributed by atoms with Gasteiger partial charge in [0.25, 0.3) is 0 Å². The lowest BCUT2D eigenvalue weighted by Gasteiger charge is -2.37. The number of halogens is 1. The molecule has 4 rings (SSSR count). The summed E-state index contributed by atoms with van der Waals surface area (Å²) in [6.07, 6.45) is 1.84.